The highest BCUT2D eigenvalue weighted by Gasteiger charge is 2.14. The number of hydrogen-bond donors (Lipinski definition) is 2. The van der Waals surface area contributed by atoms with E-state index in [-0.39, 0.29) is 23.3 Å². The summed E-state index contributed by atoms with van der Waals surface area (Å²) in [7, 11) is 0. The third-order valence-corrected chi connectivity index (χ3v) is 3.40. The van der Waals surface area contributed by atoms with Gasteiger partial charge in [0.15, 0.2) is 11.4 Å². The lowest BCUT2D eigenvalue weighted by Gasteiger charge is -2.07. The van der Waals surface area contributed by atoms with Crippen LogP contribution >= 0.6 is 0 Å². The highest BCUT2D eigenvalue weighted by molar-refractivity contribution is 6.06. The zero-order valence-corrected chi connectivity index (χ0v) is 12.3. The molecule has 0 spiro atoms. The number of benzene rings is 1. The number of aromatic amines is 1. The van der Waals surface area contributed by atoms with Crippen LogP contribution in [0.5, 0.6) is 0 Å². The number of halogens is 1. The maximum atomic E-state index is 13.7. The second-order valence-corrected chi connectivity index (χ2v) is 4.96. The van der Waals surface area contributed by atoms with Crippen molar-refractivity contribution in [3.8, 4) is 0 Å². The zero-order valence-electron chi connectivity index (χ0n) is 12.3. The Kier molecular flexibility index (Phi) is 3.84. The monoisotopic (exact) mass is 312 g/mol. The smallest absolute Gasteiger partial charge is 0.255 e. The fourth-order valence-electron chi connectivity index (χ4n) is 2.18. The summed E-state index contributed by atoms with van der Waals surface area (Å²) in [5, 5.41) is 9.98. The van der Waals surface area contributed by atoms with Crippen molar-refractivity contribution in [2.24, 2.45) is 0 Å². The van der Waals surface area contributed by atoms with Crippen molar-refractivity contribution in [2.45, 2.75) is 13.3 Å². The summed E-state index contributed by atoms with van der Waals surface area (Å²) >= 11 is 0. The number of ketones is 1. The SMILES string of the molecule is CCC(=O)c1cc(C(=O)Nc2cnc3[nH]ncc3c2)ccc1F. The molecule has 0 saturated heterocycles. The predicted octanol–water partition coefficient (Wildman–Crippen LogP) is 2.94. The summed E-state index contributed by atoms with van der Waals surface area (Å²) in [5.74, 6) is -1.42. The Morgan fingerprint density at radius 1 is 1.26 bits per heavy atom. The number of carbonyl (C=O) groups excluding carboxylic acids is 2. The minimum atomic E-state index is -0.630. The van der Waals surface area contributed by atoms with Gasteiger partial charge in [-0.3, -0.25) is 14.7 Å². The molecule has 2 aromatic heterocycles. The second kappa shape index (κ2) is 5.96. The number of hydrogen-bond acceptors (Lipinski definition) is 4. The van der Waals surface area contributed by atoms with Crippen LogP contribution in [0, 0.1) is 5.82 Å². The molecule has 6 nitrogen and oxygen atoms in total. The van der Waals surface area contributed by atoms with E-state index in [1.807, 2.05) is 0 Å². The van der Waals surface area contributed by atoms with Gasteiger partial charge in [-0.2, -0.15) is 5.10 Å². The van der Waals surface area contributed by atoms with Crippen LogP contribution in [-0.4, -0.2) is 26.9 Å². The lowest BCUT2D eigenvalue weighted by Crippen LogP contribution is -2.13. The van der Waals surface area contributed by atoms with Crippen LogP contribution in [0.4, 0.5) is 10.1 Å². The number of pyridine rings is 1. The number of nitrogens with one attached hydrogen (secondary N) is 2. The minimum Gasteiger partial charge on any atom is -0.321 e. The van der Waals surface area contributed by atoms with Gasteiger partial charge in [-0.05, 0) is 24.3 Å². The molecule has 3 aromatic rings. The predicted molar refractivity (Wildman–Crippen MR) is 82.9 cm³/mol. The van der Waals surface area contributed by atoms with Gasteiger partial charge in [0.1, 0.15) is 5.82 Å². The normalized spacial score (nSPS) is 10.7. The third kappa shape index (κ3) is 2.94. The average Bonchev–Trinajstić information content (AvgIpc) is 3.02. The standard InChI is InChI=1S/C16H13FN4O2/c1-2-14(22)12-6-9(3-4-13(12)17)16(23)20-11-5-10-7-19-21-15(10)18-8-11/h3-8H,2H2,1H3,(H,20,23)(H,18,19,21). The summed E-state index contributed by atoms with van der Waals surface area (Å²) in [6.45, 7) is 1.64. The van der Waals surface area contributed by atoms with E-state index in [1.54, 1.807) is 19.2 Å². The van der Waals surface area contributed by atoms with Gasteiger partial charge in [0.05, 0.1) is 23.6 Å². The molecule has 2 N–H and O–H groups in total. The van der Waals surface area contributed by atoms with Crippen molar-refractivity contribution >= 4 is 28.4 Å². The molecule has 0 unspecified atom stereocenters. The summed E-state index contributed by atoms with van der Waals surface area (Å²) in [5.41, 5.74) is 1.22. The summed E-state index contributed by atoms with van der Waals surface area (Å²) in [6.07, 6.45) is 3.25. The quantitative estimate of drug-likeness (QED) is 0.725. The van der Waals surface area contributed by atoms with Crippen molar-refractivity contribution in [1.82, 2.24) is 15.2 Å². The Labute approximate surface area is 130 Å². The lowest BCUT2D eigenvalue weighted by atomic mass is 10.0. The molecule has 1 amide bonds. The Balaban J connectivity index is 1.86. The first-order valence-electron chi connectivity index (χ1n) is 7.01. The lowest BCUT2D eigenvalue weighted by molar-refractivity contribution is 0.0984. The van der Waals surface area contributed by atoms with E-state index < -0.39 is 11.7 Å². The zero-order chi connectivity index (χ0) is 16.4. The molecule has 23 heavy (non-hydrogen) atoms. The topological polar surface area (TPSA) is 87.7 Å². The minimum absolute atomic E-state index is 0.0800. The fourth-order valence-corrected chi connectivity index (χ4v) is 2.18. The van der Waals surface area contributed by atoms with E-state index in [9.17, 15) is 14.0 Å². The fraction of sp³-hybridized carbons (Fsp3) is 0.125. The van der Waals surface area contributed by atoms with E-state index in [0.29, 0.717) is 11.3 Å². The highest BCUT2D eigenvalue weighted by Crippen LogP contribution is 2.17. The molecule has 0 radical (unpaired) electrons. The number of carbonyl (C=O) groups is 2. The molecule has 2 heterocycles. The van der Waals surface area contributed by atoms with Crippen LogP contribution in [0.2, 0.25) is 0 Å². The van der Waals surface area contributed by atoms with E-state index in [4.69, 9.17) is 0 Å². The van der Waals surface area contributed by atoms with E-state index >= 15 is 0 Å². The molecule has 0 fully saturated rings. The first kappa shape index (κ1) is 14.8. The molecule has 0 aliphatic rings. The Hall–Kier alpha value is -3.09. The number of H-pyrrole nitrogens is 1. The molecule has 0 aliphatic heterocycles. The number of Topliss-reactive ketones (excluding diaryl/α,β-unsaturated/α-hetero) is 1. The molecular weight excluding hydrogens is 299 g/mol. The number of rotatable bonds is 4. The Morgan fingerprint density at radius 2 is 2.09 bits per heavy atom. The number of fused-ring (bicyclic) bond motifs is 1. The third-order valence-electron chi connectivity index (χ3n) is 3.40. The largest absolute Gasteiger partial charge is 0.321 e. The molecule has 1 aromatic carbocycles. The Bertz CT molecular complexity index is 904. The van der Waals surface area contributed by atoms with Gasteiger partial charge < -0.3 is 5.32 Å². The number of nitrogens with zero attached hydrogens (tertiary/aromatic N) is 2. The van der Waals surface area contributed by atoms with Crippen LogP contribution in [0.25, 0.3) is 11.0 Å². The van der Waals surface area contributed by atoms with Crippen LogP contribution in [0.15, 0.2) is 36.7 Å². The average molecular weight is 312 g/mol. The van der Waals surface area contributed by atoms with Crippen LogP contribution < -0.4 is 5.32 Å². The molecular formula is C16H13FN4O2. The van der Waals surface area contributed by atoms with Crippen molar-refractivity contribution in [3.05, 3.63) is 53.6 Å². The van der Waals surface area contributed by atoms with Crippen molar-refractivity contribution in [2.75, 3.05) is 5.32 Å². The van der Waals surface area contributed by atoms with E-state index in [1.165, 1.54) is 18.3 Å². The van der Waals surface area contributed by atoms with Gasteiger partial charge in [-0.1, -0.05) is 6.92 Å². The van der Waals surface area contributed by atoms with Crippen molar-refractivity contribution in [1.29, 1.82) is 0 Å². The van der Waals surface area contributed by atoms with Crippen molar-refractivity contribution in [3.63, 3.8) is 0 Å². The molecule has 7 heteroatoms. The summed E-state index contributed by atoms with van der Waals surface area (Å²) in [6, 6.07) is 5.43. The second-order valence-electron chi connectivity index (χ2n) is 4.96. The van der Waals surface area contributed by atoms with Crippen LogP contribution in [-0.2, 0) is 0 Å². The van der Waals surface area contributed by atoms with Crippen molar-refractivity contribution < 1.29 is 14.0 Å². The van der Waals surface area contributed by atoms with Gasteiger partial charge in [0.2, 0.25) is 0 Å². The summed E-state index contributed by atoms with van der Waals surface area (Å²) < 4.78 is 13.7. The number of anilines is 1. The molecule has 0 atom stereocenters. The molecule has 0 bridgehead atoms. The molecule has 3 rings (SSSR count). The van der Waals surface area contributed by atoms with E-state index in [0.717, 1.165) is 11.5 Å². The maximum Gasteiger partial charge on any atom is 0.255 e. The van der Waals surface area contributed by atoms with Crippen LogP contribution in [0.3, 0.4) is 0 Å². The number of aromatic nitrogens is 3. The number of amides is 1. The van der Waals surface area contributed by atoms with Gasteiger partial charge in [0.25, 0.3) is 5.91 Å². The van der Waals surface area contributed by atoms with Gasteiger partial charge in [-0.15, -0.1) is 0 Å². The van der Waals surface area contributed by atoms with Crippen LogP contribution in [0.1, 0.15) is 34.1 Å². The van der Waals surface area contributed by atoms with E-state index in [2.05, 4.69) is 20.5 Å². The summed E-state index contributed by atoms with van der Waals surface area (Å²) in [4.78, 5) is 28.1. The first-order valence-corrected chi connectivity index (χ1v) is 7.01. The Morgan fingerprint density at radius 3 is 2.87 bits per heavy atom. The maximum absolute atomic E-state index is 13.7. The van der Waals surface area contributed by atoms with Gasteiger partial charge in [-0.25, -0.2) is 9.37 Å². The molecule has 0 saturated carbocycles. The molecule has 116 valence electrons. The highest BCUT2D eigenvalue weighted by atomic mass is 19.1. The van der Waals surface area contributed by atoms with Gasteiger partial charge >= 0.3 is 0 Å². The van der Waals surface area contributed by atoms with Gasteiger partial charge in [0, 0.05) is 17.4 Å². The molecule has 0 aliphatic carbocycles. The first-order chi connectivity index (χ1) is 11.1.